The molecule has 3 N–H and O–H groups in total. The van der Waals surface area contributed by atoms with Gasteiger partial charge in [-0.3, -0.25) is 0 Å². The summed E-state index contributed by atoms with van der Waals surface area (Å²) in [4.78, 5) is 11.2. The zero-order chi connectivity index (χ0) is 15.5. The molecule has 0 aliphatic heterocycles. The van der Waals surface area contributed by atoms with Crippen LogP contribution in [0, 0.1) is 0 Å². The molecule has 5 nitrogen and oxygen atoms in total. The van der Waals surface area contributed by atoms with Gasteiger partial charge in [-0.15, -0.1) is 0 Å². The van der Waals surface area contributed by atoms with Gasteiger partial charge in [0.1, 0.15) is 5.82 Å². The molecule has 0 amide bonds. The van der Waals surface area contributed by atoms with Gasteiger partial charge in [0.25, 0.3) is 0 Å². The van der Waals surface area contributed by atoms with E-state index in [1.165, 1.54) is 0 Å². The summed E-state index contributed by atoms with van der Waals surface area (Å²) in [5.41, 5.74) is 8.53. The van der Waals surface area contributed by atoms with Crippen molar-refractivity contribution in [1.29, 1.82) is 0 Å². The van der Waals surface area contributed by atoms with E-state index in [1.807, 2.05) is 67.5 Å². The van der Waals surface area contributed by atoms with Crippen LogP contribution >= 0.6 is 0 Å². The highest BCUT2D eigenvalue weighted by atomic mass is 15.2. The van der Waals surface area contributed by atoms with Gasteiger partial charge in [0.2, 0.25) is 5.95 Å². The van der Waals surface area contributed by atoms with Gasteiger partial charge in [-0.25, -0.2) is 4.98 Å². The quantitative estimate of drug-likeness (QED) is 0.724. The maximum atomic E-state index is 5.70. The van der Waals surface area contributed by atoms with E-state index in [1.54, 1.807) is 0 Å². The molecule has 0 aliphatic rings. The van der Waals surface area contributed by atoms with Gasteiger partial charge in [-0.05, 0) is 29.8 Å². The van der Waals surface area contributed by atoms with Crippen LogP contribution in [0.3, 0.4) is 0 Å². The molecule has 112 valence electrons. The first kappa shape index (κ1) is 14.1. The number of para-hydroxylation sites is 1. The minimum absolute atomic E-state index is 0.624. The Labute approximate surface area is 129 Å². The lowest BCUT2D eigenvalue weighted by Crippen LogP contribution is -2.13. The summed E-state index contributed by atoms with van der Waals surface area (Å²) < 4.78 is 0. The number of hydrogen-bond donors (Lipinski definition) is 2. The van der Waals surface area contributed by atoms with E-state index < -0.39 is 0 Å². The van der Waals surface area contributed by atoms with E-state index in [0.29, 0.717) is 12.5 Å². The Morgan fingerprint density at radius 3 is 2.45 bits per heavy atom. The number of anilines is 3. The van der Waals surface area contributed by atoms with Gasteiger partial charge >= 0.3 is 0 Å². The molecule has 3 aromatic rings. The molecule has 3 rings (SSSR count). The van der Waals surface area contributed by atoms with Crippen LogP contribution in [0.4, 0.5) is 17.5 Å². The predicted molar refractivity (Wildman–Crippen MR) is 92.0 cm³/mol. The van der Waals surface area contributed by atoms with Gasteiger partial charge in [-0.1, -0.05) is 24.3 Å². The smallest absolute Gasteiger partial charge is 0.225 e. The first-order valence-electron chi connectivity index (χ1n) is 7.16. The Balaban J connectivity index is 1.89. The molecule has 0 bridgehead atoms. The van der Waals surface area contributed by atoms with Crippen LogP contribution in [-0.2, 0) is 6.54 Å². The highest BCUT2D eigenvalue weighted by Gasteiger charge is 2.08. The maximum Gasteiger partial charge on any atom is 0.225 e. The number of aromatic nitrogens is 2. The summed E-state index contributed by atoms with van der Waals surface area (Å²) in [6, 6.07) is 15.8. The standard InChI is InChI=1S/C17H19N5/c1-22(2)16-14-5-3-4-6-15(14)20-17(21-16)19-11-12-7-9-13(18)10-8-12/h3-10H,11,18H2,1-2H3,(H,19,20,21). The number of nitrogens with zero attached hydrogens (tertiary/aromatic N) is 3. The van der Waals surface area contributed by atoms with Gasteiger partial charge in [0, 0.05) is 31.7 Å². The molecule has 0 fully saturated rings. The van der Waals surface area contributed by atoms with Gasteiger partial charge < -0.3 is 16.0 Å². The molecule has 1 aromatic heterocycles. The molecule has 0 spiro atoms. The summed E-state index contributed by atoms with van der Waals surface area (Å²) in [5.74, 6) is 1.53. The number of fused-ring (bicyclic) bond motifs is 1. The third kappa shape index (κ3) is 2.93. The molecule has 0 radical (unpaired) electrons. The van der Waals surface area contributed by atoms with Crippen LogP contribution in [0.25, 0.3) is 10.9 Å². The van der Waals surface area contributed by atoms with Gasteiger partial charge in [0.15, 0.2) is 0 Å². The van der Waals surface area contributed by atoms with E-state index in [0.717, 1.165) is 28.0 Å². The van der Waals surface area contributed by atoms with Crippen LogP contribution in [0.2, 0.25) is 0 Å². The fourth-order valence-electron chi connectivity index (χ4n) is 2.30. The lowest BCUT2D eigenvalue weighted by molar-refractivity contribution is 1.03. The largest absolute Gasteiger partial charge is 0.399 e. The second kappa shape index (κ2) is 5.89. The lowest BCUT2D eigenvalue weighted by Gasteiger charge is -2.15. The van der Waals surface area contributed by atoms with Crippen molar-refractivity contribution in [2.75, 3.05) is 30.0 Å². The van der Waals surface area contributed by atoms with E-state index in [9.17, 15) is 0 Å². The number of hydrogen-bond acceptors (Lipinski definition) is 5. The molecule has 0 saturated carbocycles. The molecule has 0 saturated heterocycles. The molecule has 2 aromatic carbocycles. The monoisotopic (exact) mass is 293 g/mol. The van der Waals surface area contributed by atoms with Gasteiger partial charge in [0.05, 0.1) is 5.52 Å². The first-order valence-corrected chi connectivity index (χ1v) is 7.16. The summed E-state index contributed by atoms with van der Waals surface area (Å²) in [6.07, 6.45) is 0. The SMILES string of the molecule is CN(C)c1nc(NCc2ccc(N)cc2)nc2ccccc12. The number of nitrogens with one attached hydrogen (secondary N) is 1. The van der Waals surface area contributed by atoms with Crippen molar-refractivity contribution < 1.29 is 0 Å². The van der Waals surface area contributed by atoms with E-state index in [-0.39, 0.29) is 0 Å². The summed E-state index contributed by atoms with van der Waals surface area (Å²) in [7, 11) is 3.97. The predicted octanol–water partition coefficient (Wildman–Crippen LogP) is 2.89. The Kier molecular flexibility index (Phi) is 3.78. The van der Waals surface area contributed by atoms with Crippen LogP contribution in [0.5, 0.6) is 0 Å². The van der Waals surface area contributed by atoms with Crippen molar-refractivity contribution in [2.24, 2.45) is 0 Å². The van der Waals surface area contributed by atoms with Crippen LogP contribution in [-0.4, -0.2) is 24.1 Å². The van der Waals surface area contributed by atoms with Crippen molar-refractivity contribution in [1.82, 2.24) is 9.97 Å². The van der Waals surface area contributed by atoms with E-state index in [4.69, 9.17) is 5.73 Å². The van der Waals surface area contributed by atoms with Crippen LogP contribution in [0.1, 0.15) is 5.56 Å². The topological polar surface area (TPSA) is 67.1 Å². The van der Waals surface area contributed by atoms with Crippen molar-refractivity contribution in [3.8, 4) is 0 Å². The van der Waals surface area contributed by atoms with E-state index in [2.05, 4.69) is 15.3 Å². The molecule has 1 heterocycles. The average Bonchev–Trinajstić information content (AvgIpc) is 2.53. The Morgan fingerprint density at radius 2 is 1.73 bits per heavy atom. The lowest BCUT2D eigenvalue weighted by atomic mass is 10.2. The fourth-order valence-corrected chi connectivity index (χ4v) is 2.30. The zero-order valence-electron chi connectivity index (χ0n) is 12.7. The van der Waals surface area contributed by atoms with Crippen molar-refractivity contribution in [2.45, 2.75) is 6.54 Å². The molecule has 0 unspecified atom stereocenters. The van der Waals surface area contributed by atoms with Crippen LogP contribution in [0.15, 0.2) is 48.5 Å². The number of rotatable bonds is 4. The minimum Gasteiger partial charge on any atom is -0.399 e. The first-order chi connectivity index (χ1) is 10.6. The normalized spacial score (nSPS) is 10.6. The second-order valence-corrected chi connectivity index (χ2v) is 5.38. The molecule has 0 aliphatic carbocycles. The number of nitrogen functional groups attached to an aromatic ring is 1. The third-order valence-corrected chi connectivity index (χ3v) is 3.44. The molecular weight excluding hydrogens is 274 g/mol. The zero-order valence-corrected chi connectivity index (χ0v) is 12.7. The number of nitrogens with two attached hydrogens (primary N) is 1. The van der Waals surface area contributed by atoms with Crippen molar-refractivity contribution in [3.63, 3.8) is 0 Å². The molecule has 22 heavy (non-hydrogen) atoms. The number of benzene rings is 2. The van der Waals surface area contributed by atoms with Crippen molar-refractivity contribution in [3.05, 3.63) is 54.1 Å². The van der Waals surface area contributed by atoms with Gasteiger partial charge in [-0.2, -0.15) is 4.98 Å². The Morgan fingerprint density at radius 1 is 1.00 bits per heavy atom. The average molecular weight is 293 g/mol. The fraction of sp³-hybridized carbons (Fsp3) is 0.176. The maximum absolute atomic E-state index is 5.70. The highest BCUT2D eigenvalue weighted by molar-refractivity contribution is 5.90. The summed E-state index contributed by atoms with van der Waals surface area (Å²) >= 11 is 0. The minimum atomic E-state index is 0.624. The second-order valence-electron chi connectivity index (χ2n) is 5.38. The molecule has 5 heteroatoms. The third-order valence-electron chi connectivity index (χ3n) is 3.44. The molecular formula is C17H19N5. The molecule has 0 atom stereocenters. The van der Waals surface area contributed by atoms with Crippen LogP contribution < -0.4 is 16.0 Å². The Hall–Kier alpha value is -2.82. The van der Waals surface area contributed by atoms with E-state index >= 15 is 0 Å². The van der Waals surface area contributed by atoms with Crippen molar-refractivity contribution >= 4 is 28.4 Å². The Bertz CT molecular complexity index is 781. The highest BCUT2D eigenvalue weighted by Crippen LogP contribution is 2.23. The summed E-state index contributed by atoms with van der Waals surface area (Å²) in [6.45, 7) is 0.658. The summed E-state index contributed by atoms with van der Waals surface area (Å²) in [5, 5.41) is 4.32.